The summed E-state index contributed by atoms with van der Waals surface area (Å²) in [5.74, 6) is 0.335. The maximum Gasteiger partial charge on any atom is 0.261 e. The summed E-state index contributed by atoms with van der Waals surface area (Å²) in [5.41, 5.74) is 1.72. The van der Waals surface area contributed by atoms with Crippen LogP contribution in [0.1, 0.15) is 5.56 Å². The number of halogens is 1. The van der Waals surface area contributed by atoms with Crippen LogP contribution < -0.4 is 14.8 Å². The summed E-state index contributed by atoms with van der Waals surface area (Å²) in [7, 11) is -2.26. The monoisotopic (exact) mass is 430 g/mol. The van der Waals surface area contributed by atoms with Crippen LogP contribution in [-0.4, -0.2) is 21.4 Å². The highest BCUT2D eigenvalue weighted by Gasteiger charge is 2.15. The van der Waals surface area contributed by atoms with E-state index < -0.39 is 10.0 Å². The topological polar surface area (TPSA) is 84.5 Å². The molecule has 0 saturated heterocycles. The standard InChI is InChI=1S/C21H19ClN2O4S/c1-28-19-4-2-3-18(14-19)24-29(26,27)20-11-9-17(10-12-20)23-21(25)13-15-5-7-16(22)8-6-15/h2-12,14,24H,13H2,1H3,(H,23,25). The van der Waals surface area contributed by atoms with Gasteiger partial charge in [0.25, 0.3) is 10.0 Å². The number of hydrogen-bond acceptors (Lipinski definition) is 4. The number of ether oxygens (including phenoxy) is 1. The number of carbonyl (C=O) groups excluding carboxylic acids is 1. The van der Waals surface area contributed by atoms with Gasteiger partial charge in [-0.05, 0) is 54.1 Å². The first-order chi connectivity index (χ1) is 13.9. The molecule has 0 aliphatic heterocycles. The molecule has 29 heavy (non-hydrogen) atoms. The molecule has 6 nitrogen and oxygen atoms in total. The molecule has 1 amide bonds. The van der Waals surface area contributed by atoms with Crippen molar-refractivity contribution in [2.75, 3.05) is 17.1 Å². The fraction of sp³-hybridized carbons (Fsp3) is 0.0952. The lowest BCUT2D eigenvalue weighted by molar-refractivity contribution is -0.115. The average molecular weight is 431 g/mol. The number of hydrogen-bond donors (Lipinski definition) is 2. The van der Waals surface area contributed by atoms with Gasteiger partial charge in [-0.2, -0.15) is 0 Å². The predicted molar refractivity (Wildman–Crippen MR) is 114 cm³/mol. The van der Waals surface area contributed by atoms with Crippen molar-refractivity contribution in [2.24, 2.45) is 0 Å². The molecule has 0 bridgehead atoms. The third-order valence-corrected chi connectivity index (χ3v) is 5.70. The number of amides is 1. The summed E-state index contributed by atoms with van der Waals surface area (Å²) in [4.78, 5) is 12.2. The molecular weight excluding hydrogens is 412 g/mol. The zero-order chi connectivity index (χ0) is 20.9. The Morgan fingerprint density at radius 1 is 0.966 bits per heavy atom. The summed E-state index contributed by atoms with van der Waals surface area (Å²) in [6, 6.07) is 19.6. The Labute approximate surface area is 174 Å². The number of rotatable bonds is 7. The maximum atomic E-state index is 12.6. The Kier molecular flexibility index (Phi) is 6.41. The second-order valence-corrected chi connectivity index (χ2v) is 8.33. The molecule has 2 N–H and O–H groups in total. The molecule has 3 rings (SSSR count). The SMILES string of the molecule is COc1cccc(NS(=O)(=O)c2ccc(NC(=O)Cc3ccc(Cl)cc3)cc2)c1. The Hall–Kier alpha value is -3.03. The molecule has 0 aliphatic rings. The highest BCUT2D eigenvalue weighted by atomic mass is 35.5. The van der Waals surface area contributed by atoms with Gasteiger partial charge in [-0.3, -0.25) is 9.52 Å². The molecule has 3 aromatic carbocycles. The molecule has 0 aromatic heterocycles. The lowest BCUT2D eigenvalue weighted by Gasteiger charge is -2.10. The van der Waals surface area contributed by atoms with Gasteiger partial charge in [0, 0.05) is 16.8 Å². The van der Waals surface area contributed by atoms with Crippen LogP contribution in [0.25, 0.3) is 0 Å². The molecule has 0 unspecified atom stereocenters. The molecule has 0 spiro atoms. The van der Waals surface area contributed by atoms with Gasteiger partial charge in [0.1, 0.15) is 5.75 Å². The lowest BCUT2D eigenvalue weighted by Crippen LogP contribution is -2.15. The number of methoxy groups -OCH3 is 1. The second-order valence-electron chi connectivity index (χ2n) is 6.21. The Balaban J connectivity index is 1.65. The second kappa shape index (κ2) is 8.98. The smallest absolute Gasteiger partial charge is 0.261 e. The van der Waals surface area contributed by atoms with Gasteiger partial charge in [0.2, 0.25) is 5.91 Å². The third kappa shape index (κ3) is 5.73. The minimum absolute atomic E-state index is 0.0796. The molecule has 150 valence electrons. The molecule has 0 radical (unpaired) electrons. The van der Waals surface area contributed by atoms with Gasteiger partial charge in [-0.1, -0.05) is 29.8 Å². The van der Waals surface area contributed by atoms with E-state index in [4.69, 9.17) is 16.3 Å². The van der Waals surface area contributed by atoms with Crippen molar-refractivity contribution in [1.82, 2.24) is 0 Å². The molecule has 0 fully saturated rings. The minimum atomic E-state index is -3.77. The Morgan fingerprint density at radius 3 is 2.31 bits per heavy atom. The van der Waals surface area contributed by atoms with Crippen molar-refractivity contribution in [3.8, 4) is 5.75 Å². The first kappa shape index (κ1) is 20.7. The van der Waals surface area contributed by atoms with E-state index in [9.17, 15) is 13.2 Å². The number of nitrogens with one attached hydrogen (secondary N) is 2. The van der Waals surface area contributed by atoms with E-state index in [2.05, 4.69) is 10.0 Å². The largest absolute Gasteiger partial charge is 0.497 e. The summed E-state index contributed by atoms with van der Waals surface area (Å²) in [5, 5.41) is 3.35. The fourth-order valence-electron chi connectivity index (χ4n) is 2.61. The molecule has 0 heterocycles. The van der Waals surface area contributed by atoms with Crippen molar-refractivity contribution in [1.29, 1.82) is 0 Å². The number of anilines is 2. The molecule has 0 atom stereocenters. The number of carbonyl (C=O) groups is 1. The fourth-order valence-corrected chi connectivity index (χ4v) is 3.79. The maximum absolute atomic E-state index is 12.6. The van der Waals surface area contributed by atoms with Gasteiger partial charge in [-0.25, -0.2) is 8.42 Å². The summed E-state index contributed by atoms with van der Waals surface area (Å²) in [6.07, 6.45) is 0.189. The quantitative estimate of drug-likeness (QED) is 0.584. The first-order valence-electron chi connectivity index (χ1n) is 8.67. The normalized spacial score (nSPS) is 11.0. The molecular formula is C21H19ClN2O4S. The van der Waals surface area contributed by atoms with Gasteiger partial charge in [0.15, 0.2) is 0 Å². The molecule has 0 saturated carbocycles. The van der Waals surface area contributed by atoms with E-state index >= 15 is 0 Å². The van der Waals surface area contributed by atoms with E-state index in [1.807, 2.05) is 0 Å². The average Bonchev–Trinajstić information content (AvgIpc) is 2.70. The van der Waals surface area contributed by atoms with Crippen molar-refractivity contribution in [2.45, 2.75) is 11.3 Å². The van der Waals surface area contributed by atoms with Crippen molar-refractivity contribution >= 4 is 38.9 Å². The minimum Gasteiger partial charge on any atom is -0.497 e. The van der Waals surface area contributed by atoms with Crippen molar-refractivity contribution in [3.63, 3.8) is 0 Å². The zero-order valence-corrected chi connectivity index (χ0v) is 17.1. The molecule has 8 heteroatoms. The summed E-state index contributed by atoms with van der Waals surface area (Å²) >= 11 is 5.83. The van der Waals surface area contributed by atoms with Crippen LogP contribution in [0.4, 0.5) is 11.4 Å². The van der Waals surface area contributed by atoms with E-state index in [-0.39, 0.29) is 17.2 Å². The van der Waals surface area contributed by atoms with Crippen LogP contribution >= 0.6 is 11.6 Å². The van der Waals surface area contributed by atoms with Crippen LogP contribution in [0.3, 0.4) is 0 Å². The highest BCUT2D eigenvalue weighted by Crippen LogP contribution is 2.21. The van der Waals surface area contributed by atoms with Crippen LogP contribution in [0.2, 0.25) is 5.02 Å². The van der Waals surface area contributed by atoms with Crippen LogP contribution in [0.15, 0.2) is 77.7 Å². The van der Waals surface area contributed by atoms with E-state index in [1.165, 1.54) is 19.2 Å². The first-order valence-corrected chi connectivity index (χ1v) is 10.5. The van der Waals surface area contributed by atoms with E-state index in [0.717, 1.165) is 5.56 Å². The number of benzene rings is 3. The molecule has 0 aliphatic carbocycles. The van der Waals surface area contributed by atoms with Crippen LogP contribution in [0, 0.1) is 0 Å². The van der Waals surface area contributed by atoms with Gasteiger partial charge >= 0.3 is 0 Å². The summed E-state index contributed by atoms with van der Waals surface area (Å²) in [6.45, 7) is 0. The van der Waals surface area contributed by atoms with Crippen molar-refractivity contribution in [3.05, 3.63) is 83.4 Å². The Morgan fingerprint density at radius 2 is 1.66 bits per heavy atom. The summed E-state index contributed by atoms with van der Waals surface area (Å²) < 4.78 is 32.7. The third-order valence-electron chi connectivity index (χ3n) is 4.05. The Bertz CT molecular complexity index is 1100. The van der Waals surface area contributed by atoms with Gasteiger partial charge < -0.3 is 10.1 Å². The van der Waals surface area contributed by atoms with Crippen LogP contribution in [0.5, 0.6) is 5.75 Å². The van der Waals surface area contributed by atoms with Crippen molar-refractivity contribution < 1.29 is 17.9 Å². The zero-order valence-electron chi connectivity index (χ0n) is 15.6. The highest BCUT2D eigenvalue weighted by molar-refractivity contribution is 7.92. The lowest BCUT2D eigenvalue weighted by atomic mass is 10.1. The van der Waals surface area contributed by atoms with Gasteiger partial charge in [-0.15, -0.1) is 0 Å². The molecule has 3 aromatic rings. The van der Waals surface area contributed by atoms with E-state index in [0.29, 0.717) is 22.1 Å². The number of sulfonamides is 1. The predicted octanol–water partition coefficient (Wildman–Crippen LogP) is 4.33. The van der Waals surface area contributed by atoms with E-state index in [1.54, 1.807) is 60.7 Å². The van der Waals surface area contributed by atoms with Gasteiger partial charge in [0.05, 0.1) is 24.1 Å². The van der Waals surface area contributed by atoms with Crippen LogP contribution in [-0.2, 0) is 21.2 Å².